The van der Waals surface area contributed by atoms with Crippen molar-refractivity contribution >= 4 is 5.91 Å². The molecule has 0 spiro atoms. The number of para-hydroxylation sites is 1. The topological polar surface area (TPSA) is 42.4 Å². The van der Waals surface area contributed by atoms with Crippen LogP contribution < -0.4 is 4.74 Å². The van der Waals surface area contributed by atoms with Crippen molar-refractivity contribution in [2.24, 2.45) is 0 Å². The van der Waals surface area contributed by atoms with E-state index in [1.165, 1.54) is 11.1 Å². The van der Waals surface area contributed by atoms with E-state index >= 15 is 0 Å². The number of pyridine rings is 1. The lowest BCUT2D eigenvalue weighted by Crippen LogP contribution is -2.40. The number of hydrogen-bond donors (Lipinski definition) is 0. The summed E-state index contributed by atoms with van der Waals surface area (Å²) in [6, 6.07) is 19.6. The van der Waals surface area contributed by atoms with Crippen molar-refractivity contribution in [3.05, 3.63) is 95.3 Å². The Morgan fingerprint density at radius 2 is 1.77 bits per heavy atom. The van der Waals surface area contributed by atoms with Crippen molar-refractivity contribution in [1.82, 2.24) is 9.88 Å². The number of carbonyl (C=O) groups is 1. The van der Waals surface area contributed by atoms with E-state index in [2.05, 4.69) is 23.2 Å². The van der Waals surface area contributed by atoms with Gasteiger partial charge in [-0.1, -0.05) is 36.4 Å². The number of aromatic nitrogens is 1. The molecule has 4 nitrogen and oxygen atoms in total. The van der Waals surface area contributed by atoms with Crippen LogP contribution in [0.3, 0.4) is 0 Å². The van der Waals surface area contributed by atoms with Crippen LogP contribution in [0.2, 0.25) is 0 Å². The first-order valence-electron chi connectivity index (χ1n) is 8.71. The highest BCUT2D eigenvalue weighted by Crippen LogP contribution is 2.36. The van der Waals surface area contributed by atoms with Gasteiger partial charge in [-0.2, -0.15) is 0 Å². The van der Waals surface area contributed by atoms with Crippen LogP contribution in [0.1, 0.15) is 33.1 Å². The van der Waals surface area contributed by atoms with E-state index in [-0.39, 0.29) is 11.9 Å². The highest BCUT2D eigenvalue weighted by molar-refractivity contribution is 5.97. The van der Waals surface area contributed by atoms with Crippen molar-refractivity contribution in [2.75, 3.05) is 13.7 Å². The number of methoxy groups -OCH3 is 1. The Balaban J connectivity index is 1.81. The lowest BCUT2D eigenvalue weighted by molar-refractivity contribution is 0.0691. The Morgan fingerprint density at radius 1 is 1.04 bits per heavy atom. The number of rotatable bonds is 3. The first kappa shape index (κ1) is 16.3. The second-order valence-electron chi connectivity index (χ2n) is 6.33. The third-order valence-corrected chi connectivity index (χ3v) is 4.90. The molecule has 4 heteroatoms. The standard InChI is InChI=1S/C22H20N2O2/c1-26-20-9-5-4-8-19(20)22(25)24-15-12-16-6-2-3-7-18(16)21(24)17-10-13-23-14-11-17/h2-11,13-14,21H,12,15H2,1H3. The maximum atomic E-state index is 13.4. The summed E-state index contributed by atoms with van der Waals surface area (Å²) in [4.78, 5) is 19.5. The molecular weight excluding hydrogens is 324 g/mol. The fourth-order valence-electron chi connectivity index (χ4n) is 3.67. The van der Waals surface area contributed by atoms with Gasteiger partial charge in [-0.3, -0.25) is 9.78 Å². The minimum absolute atomic E-state index is 0.0150. The zero-order valence-corrected chi connectivity index (χ0v) is 14.6. The predicted molar refractivity (Wildman–Crippen MR) is 100 cm³/mol. The molecule has 1 aliphatic rings. The lowest BCUT2D eigenvalue weighted by Gasteiger charge is -2.38. The molecule has 1 aromatic heterocycles. The second-order valence-corrected chi connectivity index (χ2v) is 6.33. The Hall–Kier alpha value is -3.14. The van der Waals surface area contributed by atoms with Gasteiger partial charge in [0.25, 0.3) is 5.91 Å². The van der Waals surface area contributed by atoms with E-state index < -0.39 is 0 Å². The maximum Gasteiger partial charge on any atom is 0.258 e. The molecule has 1 amide bonds. The van der Waals surface area contributed by atoms with Crippen LogP contribution in [0, 0.1) is 0 Å². The van der Waals surface area contributed by atoms with Crippen LogP contribution in [-0.4, -0.2) is 29.4 Å². The molecule has 0 radical (unpaired) electrons. The van der Waals surface area contributed by atoms with Gasteiger partial charge < -0.3 is 9.64 Å². The second kappa shape index (κ2) is 7.00. The van der Waals surface area contributed by atoms with Crippen LogP contribution >= 0.6 is 0 Å². The van der Waals surface area contributed by atoms with Gasteiger partial charge in [0.15, 0.2) is 0 Å². The third-order valence-electron chi connectivity index (χ3n) is 4.90. The van der Waals surface area contributed by atoms with Crippen LogP contribution in [0.15, 0.2) is 73.1 Å². The number of benzene rings is 2. The molecule has 0 saturated carbocycles. The largest absolute Gasteiger partial charge is 0.496 e. The molecule has 2 heterocycles. The molecule has 1 aliphatic heterocycles. The predicted octanol–water partition coefficient (Wildman–Crippen LogP) is 3.88. The molecule has 130 valence electrons. The third kappa shape index (κ3) is 2.84. The molecule has 26 heavy (non-hydrogen) atoms. The van der Waals surface area contributed by atoms with Gasteiger partial charge in [-0.05, 0) is 47.4 Å². The minimum atomic E-state index is -0.125. The molecule has 0 aliphatic carbocycles. The highest BCUT2D eigenvalue weighted by atomic mass is 16.5. The summed E-state index contributed by atoms with van der Waals surface area (Å²) in [6.45, 7) is 0.668. The Labute approximate surface area is 153 Å². The van der Waals surface area contributed by atoms with Crippen LogP contribution in [0.5, 0.6) is 5.75 Å². The van der Waals surface area contributed by atoms with Gasteiger partial charge in [-0.15, -0.1) is 0 Å². The molecule has 0 N–H and O–H groups in total. The van der Waals surface area contributed by atoms with Crippen molar-refractivity contribution in [2.45, 2.75) is 12.5 Å². The van der Waals surface area contributed by atoms with Crippen LogP contribution in [-0.2, 0) is 6.42 Å². The van der Waals surface area contributed by atoms with E-state index in [0.29, 0.717) is 17.9 Å². The molecule has 0 fully saturated rings. The molecule has 3 aromatic rings. The summed E-state index contributed by atoms with van der Waals surface area (Å²) in [5.74, 6) is 0.587. The van der Waals surface area contributed by atoms with Crippen LogP contribution in [0.25, 0.3) is 0 Å². The molecule has 1 unspecified atom stereocenters. The van der Waals surface area contributed by atoms with Crippen LogP contribution in [0.4, 0.5) is 0 Å². The van der Waals surface area contributed by atoms with Gasteiger partial charge in [0.05, 0.1) is 18.7 Å². The number of hydrogen-bond acceptors (Lipinski definition) is 3. The number of amides is 1. The summed E-state index contributed by atoms with van der Waals surface area (Å²) < 4.78 is 5.41. The monoisotopic (exact) mass is 344 g/mol. The van der Waals surface area contributed by atoms with E-state index in [0.717, 1.165) is 12.0 Å². The van der Waals surface area contributed by atoms with E-state index in [1.54, 1.807) is 19.5 Å². The normalized spacial score (nSPS) is 16.0. The fraction of sp³-hybridized carbons (Fsp3) is 0.182. The number of fused-ring (bicyclic) bond motifs is 1. The van der Waals surface area contributed by atoms with Gasteiger partial charge in [-0.25, -0.2) is 0 Å². The number of ether oxygens (including phenoxy) is 1. The quantitative estimate of drug-likeness (QED) is 0.724. The van der Waals surface area contributed by atoms with Gasteiger partial charge in [0.1, 0.15) is 5.75 Å². The molecular formula is C22H20N2O2. The first-order chi connectivity index (χ1) is 12.8. The molecule has 4 rings (SSSR count). The van der Waals surface area contributed by atoms with Gasteiger partial charge >= 0.3 is 0 Å². The summed E-state index contributed by atoms with van der Waals surface area (Å²) in [7, 11) is 1.60. The average Bonchev–Trinajstić information content (AvgIpc) is 2.73. The maximum absolute atomic E-state index is 13.4. The van der Waals surface area contributed by atoms with Gasteiger partial charge in [0.2, 0.25) is 0 Å². The average molecular weight is 344 g/mol. The smallest absolute Gasteiger partial charge is 0.258 e. The number of carbonyl (C=O) groups excluding carboxylic acids is 1. The zero-order valence-electron chi connectivity index (χ0n) is 14.6. The Kier molecular flexibility index (Phi) is 4.40. The van der Waals surface area contributed by atoms with E-state index in [9.17, 15) is 4.79 Å². The Morgan fingerprint density at radius 3 is 2.58 bits per heavy atom. The summed E-state index contributed by atoms with van der Waals surface area (Å²) >= 11 is 0. The number of nitrogens with zero attached hydrogens (tertiary/aromatic N) is 2. The highest BCUT2D eigenvalue weighted by Gasteiger charge is 2.33. The SMILES string of the molecule is COc1ccccc1C(=O)N1CCc2ccccc2C1c1ccncc1. The Bertz CT molecular complexity index is 924. The molecule has 2 aromatic carbocycles. The molecule has 0 bridgehead atoms. The van der Waals surface area contributed by atoms with Gasteiger partial charge in [0, 0.05) is 18.9 Å². The summed E-state index contributed by atoms with van der Waals surface area (Å²) in [6.07, 6.45) is 4.40. The minimum Gasteiger partial charge on any atom is -0.496 e. The zero-order chi connectivity index (χ0) is 17.9. The van der Waals surface area contributed by atoms with Crippen molar-refractivity contribution in [3.8, 4) is 5.75 Å². The van der Waals surface area contributed by atoms with Crippen molar-refractivity contribution in [3.63, 3.8) is 0 Å². The molecule has 1 atom stereocenters. The van der Waals surface area contributed by atoms with E-state index in [4.69, 9.17) is 4.74 Å². The van der Waals surface area contributed by atoms with E-state index in [1.807, 2.05) is 47.4 Å². The summed E-state index contributed by atoms with van der Waals surface area (Å²) in [5.41, 5.74) is 4.12. The molecule has 0 saturated heterocycles. The lowest BCUT2D eigenvalue weighted by atomic mass is 9.88. The van der Waals surface area contributed by atoms with Crippen molar-refractivity contribution in [1.29, 1.82) is 0 Å². The fourth-order valence-corrected chi connectivity index (χ4v) is 3.67. The summed E-state index contributed by atoms with van der Waals surface area (Å²) in [5, 5.41) is 0. The first-order valence-corrected chi connectivity index (χ1v) is 8.71. The van der Waals surface area contributed by atoms with Crippen molar-refractivity contribution < 1.29 is 9.53 Å².